The summed E-state index contributed by atoms with van der Waals surface area (Å²) in [6.45, 7) is 0.944. The maximum Gasteiger partial charge on any atom is 0.0489 e. The highest BCUT2D eigenvalue weighted by Crippen LogP contribution is 2.34. The van der Waals surface area contributed by atoms with Crippen LogP contribution in [0.4, 0.5) is 0 Å². The van der Waals surface area contributed by atoms with Crippen LogP contribution in [0.1, 0.15) is 0 Å². The lowest BCUT2D eigenvalue weighted by Gasteiger charge is -2.17. The van der Waals surface area contributed by atoms with Crippen LogP contribution in [0.2, 0.25) is 0 Å². The van der Waals surface area contributed by atoms with Gasteiger partial charge in [0.05, 0.1) is 0 Å². The molecule has 1 heteroatoms. The van der Waals surface area contributed by atoms with Crippen LogP contribution in [0, 0.1) is 0 Å². The van der Waals surface area contributed by atoms with Gasteiger partial charge in [0.15, 0.2) is 0 Å². The summed E-state index contributed by atoms with van der Waals surface area (Å²) in [5.41, 5.74) is 2.66. The topological polar surface area (TPSA) is 4.93 Å². The Bertz CT molecular complexity index is 1100. The van der Waals surface area contributed by atoms with Crippen LogP contribution >= 0.6 is 0 Å². The Morgan fingerprint density at radius 1 is 0.773 bits per heavy atom. The van der Waals surface area contributed by atoms with E-state index in [1.165, 1.54) is 38.0 Å². The lowest BCUT2D eigenvalue weighted by Crippen LogP contribution is -2.23. The van der Waals surface area contributed by atoms with Crippen LogP contribution in [-0.4, -0.2) is 4.57 Å². The van der Waals surface area contributed by atoms with E-state index in [2.05, 4.69) is 83.6 Å². The molecule has 22 heavy (non-hydrogen) atoms. The van der Waals surface area contributed by atoms with Gasteiger partial charge in [-0.25, -0.2) is 0 Å². The zero-order valence-corrected chi connectivity index (χ0v) is 12.2. The lowest BCUT2D eigenvalue weighted by molar-refractivity contribution is 0.786. The first-order valence-corrected chi connectivity index (χ1v) is 7.68. The number of hydrogen-bond acceptors (Lipinski definition) is 0. The highest BCUT2D eigenvalue weighted by molar-refractivity contribution is 6.10. The minimum atomic E-state index is 0.944. The average Bonchev–Trinajstić information content (AvgIpc) is 2.74. The molecule has 0 unspecified atom stereocenters. The van der Waals surface area contributed by atoms with Gasteiger partial charge in [0.2, 0.25) is 0 Å². The zero-order chi connectivity index (χ0) is 14.5. The molecule has 0 aromatic heterocycles. The molecule has 0 radical (unpaired) electrons. The summed E-state index contributed by atoms with van der Waals surface area (Å²) in [6, 6.07) is 19.8. The van der Waals surface area contributed by atoms with Crippen molar-refractivity contribution in [3.8, 4) is 11.1 Å². The smallest absolute Gasteiger partial charge is 0.0489 e. The molecule has 5 rings (SSSR count). The van der Waals surface area contributed by atoms with Crippen LogP contribution in [0.3, 0.4) is 0 Å². The predicted molar refractivity (Wildman–Crippen MR) is 93.7 cm³/mol. The van der Waals surface area contributed by atoms with E-state index in [0.717, 1.165) is 6.54 Å². The molecule has 2 aromatic rings. The van der Waals surface area contributed by atoms with Crippen LogP contribution in [0.5, 0.6) is 0 Å². The Morgan fingerprint density at radius 3 is 2.64 bits per heavy atom. The first kappa shape index (κ1) is 11.8. The Hall–Kier alpha value is -2.80. The molecule has 2 aliphatic heterocycles. The monoisotopic (exact) mass is 281 g/mol. The predicted octanol–water partition coefficient (Wildman–Crippen LogP) is 4.53. The summed E-state index contributed by atoms with van der Waals surface area (Å²) in [7, 11) is 0. The van der Waals surface area contributed by atoms with Gasteiger partial charge in [-0.05, 0) is 27.8 Å². The molecule has 0 spiro atoms. The van der Waals surface area contributed by atoms with E-state index < -0.39 is 0 Å². The summed E-state index contributed by atoms with van der Waals surface area (Å²) in [4.78, 5) is 0. The van der Waals surface area contributed by atoms with Crippen molar-refractivity contribution < 1.29 is 0 Å². The van der Waals surface area contributed by atoms with Crippen LogP contribution in [0.15, 0.2) is 72.9 Å². The van der Waals surface area contributed by atoms with Gasteiger partial charge in [-0.3, -0.25) is 0 Å². The van der Waals surface area contributed by atoms with Gasteiger partial charge >= 0.3 is 0 Å². The summed E-state index contributed by atoms with van der Waals surface area (Å²) in [5, 5.41) is 6.58. The average molecular weight is 281 g/mol. The highest BCUT2D eigenvalue weighted by Gasteiger charge is 2.13. The molecule has 0 N–H and O–H groups in total. The second-order valence-corrected chi connectivity index (χ2v) is 5.87. The van der Waals surface area contributed by atoms with E-state index in [9.17, 15) is 0 Å². The van der Waals surface area contributed by atoms with Crippen molar-refractivity contribution in [2.45, 2.75) is 6.54 Å². The molecule has 1 aliphatic carbocycles. The number of pyridine rings is 1. The first-order chi connectivity index (χ1) is 10.9. The summed E-state index contributed by atoms with van der Waals surface area (Å²) in [6.07, 6.45) is 8.85. The van der Waals surface area contributed by atoms with E-state index in [0.29, 0.717) is 0 Å². The third kappa shape index (κ3) is 1.54. The third-order valence-corrected chi connectivity index (χ3v) is 4.62. The molecule has 0 saturated heterocycles. The number of nitrogens with zero attached hydrogens (tertiary/aromatic N) is 1. The van der Waals surface area contributed by atoms with Gasteiger partial charge in [-0.15, -0.1) is 0 Å². The molecular formula is C21H15N. The van der Waals surface area contributed by atoms with Gasteiger partial charge in [-0.2, -0.15) is 0 Å². The van der Waals surface area contributed by atoms with Gasteiger partial charge < -0.3 is 4.57 Å². The van der Waals surface area contributed by atoms with Gasteiger partial charge in [0.1, 0.15) is 0 Å². The Labute approximate surface area is 128 Å². The molecule has 104 valence electrons. The molecule has 0 saturated carbocycles. The summed E-state index contributed by atoms with van der Waals surface area (Å²) in [5.74, 6) is 0. The van der Waals surface area contributed by atoms with Crippen molar-refractivity contribution in [2.75, 3.05) is 0 Å². The van der Waals surface area contributed by atoms with Crippen molar-refractivity contribution in [1.29, 1.82) is 0 Å². The fraction of sp³-hybridized carbons (Fsp3) is 0.0476. The number of allylic oxidation sites excluding steroid dienone is 2. The van der Waals surface area contributed by atoms with Crippen LogP contribution in [0.25, 0.3) is 38.7 Å². The Morgan fingerprint density at radius 2 is 1.64 bits per heavy atom. The van der Waals surface area contributed by atoms with Gasteiger partial charge in [0.25, 0.3) is 0 Å². The van der Waals surface area contributed by atoms with Crippen molar-refractivity contribution >= 4 is 27.6 Å². The van der Waals surface area contributed by atoms with Crippen molar-refractivity contribution in [3.63, 3.8) is 0 Å². The van der Waals surface area contributed by atoms with Crippen molar-refractivity contribution in [1.82, 2.24) is 4.57 Å². The lowest BCUT2D eigenvalue weighted by atomic mass is 9.96. The van der Waals surface area contributed by atoms with Crippen molar-refractivity contribution in [3.05, 3.63) is 78.3 Å². The number of aromatic nitrogens is 1. The molecule has 2 heterocycles. The SMILES string of the molecule is C1=CCn2cc3ccc4ccccc4c4cccc(c4-3)c2=C1. The number of fused-ring (bicyclic) bond motifs is 4. The molecule has 0 fully saturated rings. The standard InChI is InChI=1S/C21H15N/c1-2-7-17-15(6-1)11-12-16-14-22-13-4-3-10-20(22)19-9-5-8-18(17)21(16)19/h1-12,14H,13H2. The Kier molecular flexibility index (Phi) is 2.33. The molecular weight excluding hydrogens is 266 g/mol. The molecule has 0 atom stereocenters. The van der Waals surface area contributed by atoms with Crippen molar-refractivity contribution in [2.24, 2.45) is 0 Å². The van der Waals surface area contributed by atoms with Crippen LogP contribution in [-0.2, 0) is 6.54 Å². The van der Waals surface area contributed by atoms with E-state index in [4.69, 9.17) is 0 Å². The summed E-state index contributed by atoms with van der Waals surface area (Å²) < 4.78 is 2.34. The Balaban J connectivity index is 2.13. The largest absolute Gasteiger partial charge is 0.343 e. The number of rotatable bonds is 0. The molecule has 3 aliphatic rings. The fourth-order valence-corrected chi connectivity index (χ4v) is 3.62. The number of benzene rings is 2. The van der Waals surface area contributed by atoms with Gasteiger partial charge in [0, 0.05) is 29.0 Å². The van der Waals surface area contributed by atoms with E-state index in [-0.39, 0.29) is 0 Å². The minimum Gasteiger partial charge on any atom is -0.343 e. The van der Waals surface area contributed by atoms with Gasteiger partial charge in [-0.1, -0.05) is 66.7 Å². The van der Waals surface area contributed by atoms with E-state index in [1.54, 1.807) is 0 Å². The maximum atomic E-state index is 2.34. The van der Waals surface area contributed by atoms with E-state index in [1.807, 2.05) is 0 Å². The molecule has 0 bridgehead atoms. The maximum absolute atomic E-state index is 2.34. The fourth-order valence-electron chi connectivity index (χ4n) is 3.62. The first-order valence-electron chi connectivity index (χ1n) is 7.68. The molecule has 1 nitrogen and oxygen atoms in total. The zero-order valence-electron chi connectivity index (χ0n) is 12.2. The molecule has 2 aromatic carbocycles. The number of hydrogen-bond donors (Lipinski definition) is 0. The normalized spacial score (nSPS) is 13.5. The minimum absolute atomic E-state index is 0.944. The molecule has 0 amide bonds. The third-order valence-electron chi connectivity index (χ3n) is 4.62. The van der Waals surface area contributed by atoms with E-state index >= 15 is 0 Å². The van der Waals surface area contributed by atoms with Crippen LogP contribution < -0.4 is 5.35 Å². The second-order valence-electron chi connectivity index (χ2n) is 5.87. The summed E-state index contributed by atoms with van der Waals surface area (Å²) >= 11 is 0. The quantitative estimate of drug-likeness (QED) is 0.446. The highest BCUT2D eigenvalue weighted by atomic mass is 14.9. The second kappa shape index (κ2) is 4.35.